The Morgan fingerprint density at radius 3 is 3.29 bits per heavy atom. The Bertz CT molecular complexity index is 574. The van der Waals surface area contributed by atoms with Crippen molar-refractivity contribution in [1.29, 1.82) is 0 Å². The smallest absolute Gasteiger partial charge is 0.292 e. The molecule has 0 spiro atoms. The standard InChI is InChI=1S/C12H17N7O2/c20-11(14-5-2-7-19-8-6-15-18-19)10-16-12(21-17-10)9-3-1-4-13-9/h6,8-9,13H,1-5,7H2,(H,14,20). The molecule has 1 unspecified atom stereocenters. The molecule has 0 saturated carbocycles. The highest BCUT2D eigenvalue weighted by atomic mass is 16.5. The van der Waals surface area contributed by atoms with Crippen molar-refractivity contribution in [2.75, 3.05) is 13.1 Å². The third-order valence-corrected chi connectivity index (χ3v) is 3.32. The molecule has 3 rings (SSSR count). The van der Waals surface area contributed by atoms with E-state index in [1.165, 1.54) is 0 Å². The zero-order chi connectivity index (χ0) is 14.5. The lowest BCUT2D eigenvalue weighted by Gasteiger charge is -2.02. The van der Waals surface area contributed by atoms with Crippen LogP contribution in [0.25, 0.3) is 0 Å². The maximum atomic E-state index is 11.9. The molecule has 1 aliphatic heterocycles. The number of carbonyl (C=O) groups is 1. The van der Waals surface area contributed by atoms with Gasteiger partial charge in [0.25, 0.3) is 11.7 Å². The highest BCUT2D eigenvalue weighted by molar-refractivity contribution is 5.90. The Kier molecular flexibility index (Phi) is 4.20. The van der Waals surface area contributed by atoms with E-state index in [9.17, 15) is 4.79 Å². The van der Waals surface area contributed by atoms with E-state index in [1.807, 2.05) is 0 Å². The molecule has 0 aliphatic carbocycles. The van der Waals surface area contributed by atoms with Crippen LogP contribution in [0.15, 0.2) is 16.9 Å². The monoisotopic (exact) mass is 291 g/mol. The summed E-state index contributed by atoms with van der Waals surface area (Å²) < 4.78 is 6.84. The first-order valence-corrected chi connectivity index (χ1v) is 7.02. The maximum Gasteiger partial charge on any atom is 0.292 e. The van der Waals surface area contributed by atoms with E-state index in [0.29, 0.717) is 19.0 Å². The number of hydrogen-bond acceptors (Lipinski definition) is 7. The van der Waals surface area contributed by atoms with Gasteiger partial charge in [0, 0.05) is 19.3 Å². The van der Waals surface area contributed by atoms with E-state index in [-0.39, 0.29) is 17.8 Å². The normalized spacial score (nSPS) is 18.0. The lowest BCUT2D eigenvalue weighted by Crippen LogP contribution is -2.26. The lowest BCUT2D eigenvalue weighted by molar-refractivity contribution is 0.0939. The highest BCUT2D eigenvalue weighted by Gasteiger charge is 2.24. The van der Waals surface area contributed by atoms with Gasteiger partial charge in [-0.2, -0.15) is 4.98 Å². The Morgan fingerprint density at radius 2 is 2.52 bits per heavy atom. The summed E-state index contributed by atoms with van der Waals surface area (Å²) >= 11 is 0. The van der Waals surface area contributed by atoms with Crippen molar-refractivity contribution in [2.24, 2.45) is 0 Å². The number of aryl methyl sites for hydroxylation is 1. The predicted molar refractivity (Wildman–Crippen MR) is 71.2 cm³/mol. The van der Waals surface area contributed by atoms with Gasteiger partial charge in [-0.3, -0.25) is 9.48 Å². The molecule has 1 amide bonds. The Labute approximate surface area is 121 Å². The van der Waals surface area contributed by atoms with Gasteiger partial charge in [-0.1, -0.05) is 10.4 Å². The molecule has 2 aromatic rings. The quantitative estimate of drug-likeness (QED) is 0.715. The van der Waals surface area contributed by atoms with E-state index >= 15 is 0 Å². The van der Waals surface area contributed by atoms with Crippen LogP contribution in [0.1, 0.15) is 41.8 Å². The van der Waals surface area contributed by atoms with Crippen molar-refractivity contribution in [3.8, 4) is 0 Å². The van der Waals surface area contributed by atoms with Crippen molar-refractivity contribution >= 4 is 5.91 Å². The predicted octanol–water partition coefficient (Wildman–Crippen LogP) is -0.0943. The van der Waals surface area contributed by atoms with E-state index in [4.69, 9.17) is 4.52 Å². The summed E-state index contributed by atoms with van der Waals surface area (Å²) in [5, 5.41) is 17.3. The van der Waals surface area contributed by atoms with Crippen molar-refractivity contribution in [2.45, 2.75) is 31.8 Å². The van der Waals surface area contributed by atoms with E-state index in [0.717, 1.165) is 25.8 Å². The second-order valence-corrected chi connectivity index (χ2v) is 4.88. The number of carbonyl (C=O) groups excluding carboxylic acids is 1. The number of rotatable bonds is 6. The molecule has 9 heteroatoms. The van der Waals surface area contributed by atoms with Gasteiger partial charge in [0.2, 0.25) is 5.89 Å². The summed E-state index contributed by atoms with van der Waals surface area (Å²) in [5.74, 6) is 0.251. The molecule has 3 heterocycles. The average Bonchev–Trinajstić information content (AvgIpc) is 3.25. The Hall–Kier alpha value is -2.29. The van der Waals surface area contributed by atoms with Gasteiger partial charge in [0.05, 0.1) is 12.2 Å². The minimum absolute atomic E-state index is 0.0753. The van der Waals surface area contributed by atoms with E-state index < -0.39 is 0 Å². The van der Waals surface area contributed by atoms with Crippen LogP contribution in [0, 0.1) is 0 Å². The third-order valence-electron chi connectivity index (χ3n) is 3.32. The van der Waals surface area contributed by atoms with Crippen LogP contribution in [0.2, 0.25) is 0 Å². The molecule has 9 nitrogen and oxygen atoms in total. The number of amides is 1. The van der Waals surface area contributed by atoms with E-state index in [2.05, 4.69) is 31.1 Å². The topological polar surface area (TPSA) is 111 Å². The largest absolute Gasteiger partial charge is 0.349 e. The van der Waals surface area contributed by atoms with Crippen LogP contribution in [0.3, 0.4) is 0 Å². The number of hydrogen-bond donors (Lipinski definition) is 2. The molecular weight excluding hydrogens is 274 g/mol. The minimum atomic E-state index is -0.318. The summed E-state index contributed by atoms with van der Waals surface area (Å²) in [6.07, 6.45) is 6.19. The van der Waals surface area contributed by atoms with Gasteiger partial charge >= 0.3 is 0 Å². The molecule has 1 saturated heterocycles. The fourth-order valence-corrected chi connectivity index (χ4v) is 2.24. The minimum Gasteiger partial charge on any atom is -0.349 e. The van der Waals surface area contributed by atoms with Gasteiger partial charge in [-0.15, -0.1) is 5.10 Å². The molecule has 1 aliphatic rings. The average molecular weight is 291 g/mol. The SMILES string of the molecule is O=C(NCCCn1ccnn1)c1noc(C2CCCN2)n1. The molecule has 112 valence electrons. The summed E-state index contributed by atoms with van der Waals surface area (Å²) in [4.78, 5) is 16.0. The lowest BCUT2D eigenvalue weighted by atomic mass is 10.2. The molecule has 0 radical (unpaired) electrons. The van der Waals surface area contributed by atoms with Crippen molar-refractivity contribution in [3.63, 3.8) is 0 Å². The van der Waals surface area contributed by atoms with Crippen LogP contribution in [0.4, 0.5) is 0 Å². The molecular formula is C12H17N7O2. The van der Waals surface area contributed by atoms with Gasteiger partial charge in [-0.05, 0) is 25.8 Å². The molecule has 0 aromatic carbocycles. The highest BCUT2D eigenvalue weighted by Crippen LogP contribution is 2.20. The van der Waals surface area contributed by atoms with Gasteiger partial charge in [-0.25, -0.2) is 0 Å². The molecule has 21 heavy (non-hydrogen) atoms. The summed E-state index contributed by atoms with van der Waals surface area (Å²) in [6.45, 7) is 2.16. The molecule has 0 bridgehead atoms. The Morgan fingerprint density at radius 1 is 1.57 bits per heavy atom. The number of aromatic nitrogens is 5. The number of nitrogens with one attached hydrogen (secondary N) is 2. The van der Waals surface area contributed by atoms with Crippen LogP contribution < -0.4 is 10.6 Å². The van der Waals surface area contributed by atoms with Crippen molar-refractivity contribution < 1.29 is 9.32 Å². The van der Waals surface area contributed by atoms with Crippen molar-refractivity contribution in [3.05, 3.63) is 24.1 Å². The van der Waals surface area contributed by atoms with Crippen molar-refractivity contribution in [1.82, 2.24) is 35.8 Å². The number of nitrogens with zero attached hydrogens (tertiary/aromatic N) is 5. The fourth-order valence-electron chi connectivity index (χ4n) is 2.24. The first-order chi connectivity index (χ1) is 10.3. The summed E-state index contributed by atoms with van der Waals surface area (Å²) in [5.41, 5.74) is 0. The zero-order valence-electron chi connectivity index (χ0n) is 11.5. The maximum absolute atomic E-state index is 11.9. The second kappa shape index (κ2) is 6.44. The van der Waals surface area contributed by atoms with Crippen LogP contribution in [-0.2, 0) is 6.54 Å². The first-order valence-electron chi connectivity index (χ1n) is 7.02. The van der Waals surface area contributed by atoms with Crippen LogP contribution in [-0.4, -0.2) is 44.1 Å². The summed E-state index contributed by atoms with van der Waals surface area (Å²) in [6, 6.07) is 0.0753. The van der Waals surface area contributed by atoms with Crippen LogP contribution in [0.5, 0.6) is 0 Å². The van der Waals surface area contributed by atoms with Crippen LogP contribution >= 0.6 is 0 Å². The summed E-state index contributed by atoms with van der Waals surface area (Å²) in [7, 11) is 0. The molecule has 1 fully saturated rings. The van der Waals surface area contributed by atoms with Gasteiger partial charge in [0.1, 0.15) is 0 Å². The third kappa shape index (κ3) is 3.43. The molecule has 1 atom stereocenters. The van der Waals surface area contributed by atoms with Gasteiger partial charge < -0.3 is 15.2 Å². The fraction of sp³-hybridized carbons (Fsp3) is 0.583. The van der Waals surface area contributed by atoms with Gasteiger partial charge in [0.15, 0.2) is 0 Å². The second-order valence-electron chi connectivity index (χ2n) is 4.88. The van der Waals surface area contributed by atoms with E-state index in [1.54, 1.807) is 17.1 Å². The Balaban J connectivity index is 1.44. The first kappa shape index (κ1) is 13.7. The zero-order valence-corrected chi connectivity index (χ0v) is 11.5. The molecule has 2 N–H and O–H groups in total. The molecule has 2 aromatic heterocycles.